The molecule has 0 aliphatic carbocycles. The number of imidazole rings is 1. The smallest absolute Gasteiger partial charge is 0.178 e. The molecular weight excluding hydrogens is 284 g/mol. The van der Waals surface area contributed by atoms with Crippen molar-refractivity contribution in [2.45, 2.75) is 33.2 Å². The van der Waals surface area contributed by atoms with Gasteiger partial charge in [0.05, 0.1) is 12.1 Å². The highest BCUT2D eigenvalue weighted by atomic mass is 32.1. The largest absolute Gasteiger partial charge is 0.492 e. The number of nitrogens with one attached hydrogen (secondary N) is 1. The molecule has 1 aromatic heterocycles. The molecule has 21 heavy (non-hydrogen) atoms. The molecule has 1 aliphatic rings. The molecule has 0 radical (unpaired) electrons. The van der Waals surface area contributed by atoms with Crippen LogP contribution in [0.2, 0.25) is 0 Å². The number of H-pyrrole nitrogens is 1. The molecule has 1 saturated heterocycles. The minimum atomic E-state index is 0.243. The number of nitrogens with zero attached hydrogens (tertiary/aromatic N) is 1. The van der Waals surface area contributed by atoms with Gasteiger partial charge in [-0.25, -0.2) is 0 Å². The van der Waals surface area contributed by atoms with Gasteiger partial charge in [0.1, 0.15) is 11.3 Å². The van der Waals surface area contributed by atoms with Gasteiger partial charge in [-0.3, -0.25) is 0 Å². The second kappa shape index (κ2) is 5.81. The van der Waals surface area contributed by atoms with Crippen molar-refractivity contribution in [3.63, 3.8) is 0 Å². The van der Waals surface area contributed by atoms with Gasteiger partial charge in [0.2, 0.25) is 0 Å². The standard InChI is InChI=1S/C16H22N2O2S/c1-3-20-13-6-4-5-12-14(13)17-15(21)18(12)11-16(2)7-9-19-10-8-16/h4-6H,3,7-11H2,1-2H3,(H,17,21). The predicted octanol–water partition coefficient (Wildman–Crippen LogP) is 3.91. The molecule has 0 saturated carbocycles. The van der Waals surface area contributed by atoms with Crippen molar-refractivity contribution in [3.05, 3.63) is 23.0 Å². The van der Waals surface area contributed by atoms with Gasteiger partial charge in [0, 0.05) is 19.8 Å². The summed E-state index contributed by atoms with van der Waals surface area (Å²) in [5.74, 6) is 0.872. The minimum Gasteiger partial charge on any atom is -0.492 e. The van der Waals surface area contributed by atoms with E-state index in [0.717, 1.165) is 54.2 Å². The van der Waals surface area contributed by atoms with E-state index >= 15 is 0 Å². The number of aromatic amines is 1. The van der Waals surface area contributed by atoms with Crippen LogP contribution in [0.25, 0.3) is 11.0 Å². The molecule has 4 nitrogen and oxygen atoms in total. The highest BCUT2D eigenvalue weighted by Crippen LogP contribution is 2.34. The molecule has 2 aromatic rings. The van der Waals surface area contributed by atoms with Crippen LogP contribution in [0.1, 0.15) is 26.7 Å². The maximum Gasteiger partial charge on any atom is 0.178 e. The third kappa shape index (κ3) is 2.85. The molecule has 0 amide bonds. The van der Waals surface area contributed by atoms with E-state index in [0.29, 0.717) is 6.61 Å². The maximum atomic E-state index is 5.69. The van der Waals surface area contributed by atoms with Gasteiger partial charge in [-0.1, -0.05) is 13.0 Å². The zero-order valence-electron chi connectivity index (χ0n) is 12.6. The van der Waals surface area contributed by atoms with E-state index in [2.05, 4.69) is 22.5 Å². The lowest BCUT2D eigenvalue weighted by Gasteiger charge is -2.33. The number of fused-ring (bicyclic) bond motifs is 1. The maximum absolute atomic E-state index is 5.69. The second-order valence-electron chi connectivity index (χ2n) is 6.02. The number of hydrogen-bond acceptors (Lipinski definition) is 3. The Hall–Kier alpha value is -1.33. The van der Waals surface area contributed by atoms with Crippen LogP contribution in [-0.2, 0) is 11.3 Å². The number of ether oxygens (including phenoxy) is 2. The van der Waals surface area contributed by atoms with E-state index in [9.17, 15) is 0 Å². The summed E-state index contributed by atoms with van der Waals surface area (Å²) in [7, 11) is 0. The van der Waals surface area contributed by atoms with Crippen LogP contribution in [0.5, 0.6) is 5.75 Å². The topological polar surface area (TPSA) is 39.2 Å². The lowest BCUT2D eigenvalue weighted by molar-refractivity contribution is 0.0158. The van der Waals surface area contributed by atoms with E-state index < -0.39 is 0 Å². The normalized spacial score (nSPS) is 18.0. The third-order valence-electron chi connectivity index (χ3n) is 4.31. The predicted molar refractivity (Wildman–Crippen MR) is 86.5 cm³/mol. The minimum absolute atomic E-state index is 0.243. The SMILES string of the molecule is CCOc1cccc2c1[nH]c(=S)n2CC1(C)CCOCC1. The van der Waals surface area contributed by atoms with E-state index in [4.69, 9.17) is 21.7 Å². The molecule has 0 unspecified atom stereocenters. The number of hydrogen-bond donors (Lipinski definition) is 1. The summed E-state index contributed by atoms with van der Waals surface area (Å²) in [4.78, 5) is 3.31. The number of rotatable bonds is 4. The molecule has 0 atom stereocenters. The van der Waals surface area contributed by atoms with Crippen molar-refractivity contribution >= 4 is 23.3 Å². The summed E-state index contributed by atoms with van der Waals surface area (Å²) in [6.07, 6.45) is 2.15. The van der Waals surface area contributed by atoms with Crippen molar-refractivity contribution < 1.29 is 9.47 Å². The number of aromatic nitrogens is 2. The van der Waals surface area contributed by atoms with Gasteiger partial charge in [-0.15, -0.1) is 0 Å². The van der Waals surface area contributed by atoms with E-state index in [1.807, 2.05) is 19.1 Å². The Balaban J connectivity index is 2.00. The monoisotopic (exact) mass is 306 g/mol. The zero-order valence-corrected chi connectivity index (χ0v) is 13.5. The average Bonchev–Trinajstić information content (AvgIpc) is 2.77. The van der Waals surface area contributed by atoms with E-state index in [1.54, 1.807) is 0 Å². The molecule has 0 bridgehead atoms. The van der Waals surface area contributed by atoms with Gasteiger partial charge in [0.25, 0.3) is 0 Å². The zero-order chi connectivity index (χ0) is 14.9. The van der Waals surface area contributed by atoms with Crippen LogP contribution in [0, 0.1) is 10.2 Å². The van der Waals surface area contributed by atoms with E-state index in [1.165, 1.54) is 0 Å². The van der Waals surface area contributed by atoms with Crippen molar-refractivity contribution in [1.82, 2.24) is 9.55 Å². The second-order valence-corrected chi connectivity index (χ2v) is 6.41. The van der Waals surface area contributed by atoms with Gasteiger partial charge in [-0.2, -0.15) is 0 Å². The molecule has 2 heterocycles. The summed E-state index contributed by atoms with van der Waals surface area (Å²) in [5, 5.41) is 0. The first-order valence-corrected chi connectivity index (χ1v) is 7.96. The Kier molecular flexibility index (Phi) is 4.04. The van der Waals surface area contributed by atoms with Crippen LogP contribution in [0.4, 0.5) is 0 Å². The first-order valence-electron chi connectivity index (χ1n) is 7.55. The molecule has 0 spiro atoms. The lowest BCUT2D eigenvalue weighted by Crippen LogP contribution is -2.31. The fourth-order valence-electron chi connectivity index (χ4n) is 2.99. The van der Waals surface area contributed by atoms with Gasteiger partial charge in [0.15, 0.2) is 4.77 Å². The molecular formula is C16H22N2O2S. The van der Waals surface area contributed by atoms with Crippen LogP contribution in [-0.4, -0.2) is 29.4 Å². The summed E-state index contributed by atoms with van der Waals surface area (Å²) < 4.78 is 14.2. The summed E-state index contributed by atoms with van der Waals surface area (Å²) in [6.45, 7) is 7.58. The van der Waals surface area contributed by atoms with Crippen molar-refractivity contribution in [1.29, 1.82) is 0 Å². The molecule has 1 aliphatic heterocycles. The van der Waals surface area contributed by atoms with Gasteiger partial charge < -0.3 is 19.0 Å². The van der Waals surface area contributed by atoms with Crippen molar-refractivity contribution in [3.8, 4) is 5.75 Å². The van der Waals surface area contributed by atoms with Crippen LogP contribution in [0.3, 0.4) is 0 Å². The lowest BCUT2D eigenvalue weighted by atomic mass is 9.82. The Morgan fingerprint density at radius 1 is 1.38 bits per heavy atom. The molecule has 1 aromatic carbocycles. The van der Waals surface area contributed by atoms with Crippen molar-refractivity contribution in [2.24, 2.45) is 5.41 Å². The van der Waals surface area contributed by atoms with Gasteiger partial charge >= 0.3 is 0 Å². The Morgan fingerprint density at radius 3 is 2.86 bits per heavy atom. The first-order chi connectivity index (χ1) is 10.1. The summed E-state index contributed by atoms with van der Waals surface area (Å²) >= 11 is 5.54. The van der Waals surface area contributed by atoms with Crippen LogP contribution < -0.4 is 4.74 Å². The van der Waals surface area contributed by atoms with E-state index in [-0.39, 0.29) is 5.41 Å². The average molecular weight is 306 g/mol. The summed E-state index contributed by atoms with van der Waals surface area (Å²) in [5.41, 5.74) is 2.37. The summed E-state index contributed by atoms with van der Waals surface area (Å²) in [6, 6.07) is 6.11. The Bertz CT molecular complexity index is 683. The number of para-hydroxylation sites is 1. The fraction of sp³-hybridized carbons (Fsp3) is 0.562. The third-order valence-corrected chi connectivity index (χ3v) is 4.63. The van der Waals surface area contributed by atoms with Crippen LogP contribution >= 0.6 is 12.2 Å². The first kappa shape index (κ1) is 14.6. The van der Waals surface area contributed by atoms with Crippen molar-refractivity contribution in [2.75, 3.05) is 19.8 Å². The Morgan fingerprint density at radius 2 is 2.14 bits per heavy atom. The van der Waals surface area contributed by atoms with Gasteiger partial charge in [-0.05, 0) is 49.5 Å². The van der Waals surface area contributed by atoms with Crippen LogP contribution in [0.15, 0.2) is 18.2 Å². The molecule has 1 N–H and O–H groups in total. The fourth-order valence-corrected chi connectivity index (χ4v) is 3.26. The Labute approximate surface area is 130 Å². The molecule has 1 fully saturated rings. The highest BCUT2D eigenvalue weighted by Gasteiger charge is 2.28. The molecule has 3 rings (SSSR count). The number of benzene rings is 1. The quantitative estimate of drug-likeness (QED) is 0.870. The molecule has 5 heteroatoms. The molecule has 114 valence electrons. The highest BCUT2D eigenvalue weighted by molar-refractivity contribution is 7.71.